The topological polar surface area (TPSA) is 32.8 Å². The van der Waals surface area contributed by atoms with E-state index in [1.165, 1.54) is 0 Å². The van der Waals surface area contributed by atoms with E-state index < -0.39 is 0 Å². The van der Waals surface area contributed by atoms with E-state index in [0.717, 1.165) is 13.1 Å². The van der Waals surface area contributed by atoms with Crippen molar-refractivity contribution >= 4 is 5.91 Å². The summed E-state index contributed by atoms with van der Waals surface area (Å²) in [5.41, 5.74) is 0.564. The molecular formula is C9H16N2O2. The number of morpholine rings is 1. The number of nitrogens with zero attached hydrogens (tertiary/aromatic N) is 2. The SMILES string of the molecule is C=C(C)C(=O)N(C)N1CCOCC1. The Morgan fingerprint density at radius 2 is 2.00 bits per heavy atom. The third-order valence-corrected chi connectivity index (χ3v) is 2.07. The monoisotopic (exact) mass is 184 g/mol. The molecule has 1 aliphatic heterocycles. The van der Waals surface area contributed by atoms with Crippen LogP contribution in [-0.4, -0.2) is 49.3 Å². The second kappa shape index (κ2) is 4.39. The van der Waals surface area contributed by atoms with Crippen molar-refractivity contribution < 1.29 is 9.53 Å². The van der Waals surface area contributed by atoms with Crippen LogP contribution in [0.25, 0.3) is 0 Å². The van der Waals surface area contributed by atoms with Crippen LogP contribution < -0.4 is 0 Å². The second-order valence-electron chi connectivity index (χ2n) is 3.18. The zero-order valence-electron chi connectivity index (χ0n) is 8.25. The molecule has 0 bridgehead atoms. The lowest BCUT2D eigenvalue weighted by Gasteiger charge is -2.34. The molecule has 1 fully saturated rings. The molecule has 0 N–H and O–H groups in total. The van der Waals surface area contributed by atoms with Crippen molar-refractivity contribution in [2.75, 3.05) is 33.4 Å². The van der Waals surface area contributed by atoms with Crippen LogP contribution in [0.5, 0.6) is 0 Å². The molecule has 4 nitrogen and oxygen atoms in total. The van der Waals surface area contributed by atoms with Crippen LogP contribution in [0.3, 0.4) is 0 Å². The lowest BCUT2D eigenvalue weighted by Crippen LogP contribution is -2.49. The summed E-state index contributed by atoms with van der Waals surface area (Å²) in [5, 5.41) is 3.59. The van der Waals surface area contributed by atoms with E-state index in [0.29, 0.717) is 18.8 Å². The summed E-state index contributed by atoms with van der Waals surface area (Å²) in [5.74, 6) is -0.0260. The summed E-state index contributed by atoms with van der Waals surface area (Å²) in [6.45, 7) is 8.27. The number of hydrogen-bond acceptors (Lipinski definition) is 3. The largest absolute Gasteiger partial charge is 0.379 e. The van der Waals surface area contributed by atoms with Crippen molar-refractivity contribution in [2.45, 2.75) is 6.92 Å². The molecule has 0 aliphatic carbocycles. The summed E-state index contributed by atoms with van der Waals surface area (Å²) >= 11 is 0. The molecule has 0 atom stereocenters. The molecule has 1 saturated heterocycles. The summed E-state index contributed by atoms with van der Waals surface area (Å²) in [6, 6.07) is 0. The van der Waals surface area contributed by atoms with Crippen LogP contribution in [0, 0.1) is 0 Å². The highest BCUT2D eigenvalue weighted by Gasteiger charge is 2.19. The number of amides is 1. The van der Waals surface area contributed by atoms with Crippen molar-refractivity contribution in [2.24, 2.45) is 0 Å². The minimum Gasteiger partial charge on any atom is -0.379 e. The predicted octanol–water partition coefficient (Wildman–Crippen LogP) is 0.268. The Balaban J connectivity index is 2.49. The van der Waals surface area contributed by atoms with Crippen LogP contribution >= 0.6 is 0 Å². The van der Waals surface area contributed by atoms with E-state index in [-0.39, 0.29) is 5.91 Å². The smallest absolute Gasteiger partial charge is 0.262 e. The van der Waals surface area contributed by atoms with Gasteiger partial charge in [0.05, 0.1) is 13.2 Å². The summed E-state index contributed by atoms with van der Waals surface area (Å²) in [4.78, 5) is 11.5. The first-order valence-corrected chi connectivity index (χ1v) is 4.39. The van der Waals surface area contributed by atoms with Gasteiger partial charge in [0, 0.05) is 25.7 Å². The molecule has 13 heavy (non-hydrogen) atoms. The molecule has 0 aromatic carbocycles. The van der Waals surface area contributed by atoms with Crippen LogP contribution in [0.4, 0.5) is 0 Å². The van der Waals surface area contributed by atoms with Gasteiger partial charge in [-0.25, -0.2) is 5.01 Å². The number of hydrogen-bond donors (Lipinski definition) is 0. The van der Waals surface area contributed by atoms with Crippen LogP contribution in [-0.2, 0) is 9.53 Å². The number of rotatable bonds is 2. The van der Waals surface area contributed by atoms with Crippen LogP contribution in [0.15, 0.2) is 12.2 Å². The van der Waals surface area contributed by atoms with Gasteiger partial charge in [-0.2, -0.15) is 0 Å². The molecule has 0 spiro atoms. The van der Waals surface area contributed by atoms with Gasteiger partial charge in [0.1, 0.15) is 0 Å². The Kier molecular flexibility index (Phi) is 3.45. The fourth-order valence-corrected chi connectivity index (χ4v) is 1.26. The Bertz CT molecular complexity index is 210. The van der Waals surface area contributed by atoms with E-state index in [1.54, 1.807) is 19.0 Å². The summed E-state index contributed by atoms with van der Waals surface area (Å²) in [7, 11) is 1.77. The van der Waals surface area contributed by atoms with E-state index in [2.05, 4.69) is 6.58 Å². The summed E-state index contributed by atoms with van der Waals surface area (Å²) < 4.78 is 5.19. The van der Waals surface area contributed by atoms with Gasteiger partial charge in [0.25, 0.3) is 5.91 Å². The predicted molar refractivity (Wildman–Crippen MR) is 50.0 cm³/mol. The molecule has 0 radical (unpaired) electrons. The van der Waals surface area contributed by atoms with Gasteiger partial charge in [-0.3, -0.25) is 9.80 Å². The van der Waals surface area contributed by atoms with E-state index in [9.17, 15) is 4.79 Å². The average Bonchev–Trinajstić information content (AvgIpc) is 2.17. The van der Waals surface area contributed by atoms with E-state index in [4.69, 9.17) is 4.74 Å². The van der Waals surface area contributed by atoms with Gasteiger partial charge in [-0.1, -0.05) is 6.58 Å². The van der Waals surface area contributed by atoms with Gasteiger partial charge < -0.3 is 4.74 Å². The maximum atomic E-state index is 11.5. The maximum absolute atomic E-state index is 11.5. The molecule has 0 aromatic heterocycles. The third-order valence-electron chi connectivity index (χ3n) is 2.07. The first kappa shape index (κ1) is 10.2. The number of carbonyl (C=O) groups is 1. The average molecular weight is 184 g/mol. The highest BCUT2D eigenvalue weighted by Crippen LogP contribution is 2.04. The molecule has 1 aliphatic rings. The van der Waals surface area contributed by atoms with Crippen molar-refractivity contribution in [3.05, 3.63) is 12.2 Å². The van der Waals surface area contributed by atoms with Crippen LogP contribution in [0.1, 0.15) is 6.92 Å². The minimum atomic E-state index is -0.0260. The molecule has 0 unspecified atom stereocenters. The number of hydrazine groups is 1. The Morgan fingerprint density at radius 3 is 2.46 bits per heavy atom. The third kappa shape index (κ3) is 2.54. The zero-order chi connectivity index (χ0) is 9.84. The molecule has 4 heteroatoms. The quantitative estimate of drug-likeness (QED) is 0.577. The molecule has 0 saturated carbocycles. The van der Waals surface area contributed by atoms with E-state index >= 15 is 0 Å². The molecule has 74 valence electrons. The lowest BCUT2D eigenvalue weighted by atomic mass is 10.3. The Morgan fingerprint density at radius 1 is 1.46 bits per heavy atom. The van der Waals surface area contributed by atoms with Crippen LogP contribution in [0.2, 0.25) is 0 Å². The van der Waals surface area contributed by atoms with Crippen molar-refractivity contribution in [3.63, 3.8) is 0 Å². The second-order valence-corrected chi connectivity index (χ2v) is 3.18. The van der Waals surface area contributed by atoms with Gasteiger partial charge in [-0.05, 0) is 6.92 Å². The number of carbonyl (C=O) groups excluding carboxylic acids is 1. The molecule has 0 aromatic rings. The zero-order valence-corrected chi connectivity index (χ0v) is 8.25. The van der Waals surface area contributed by atoms with Gasteiger partial charge in [0.15, 0.2) is 0 Å². The minimum absolute atomic E-state index is 0.0260. The summed E-state index contributed by atoms with van der Waals surface area (Å²) in [6.07, 6.45) is 0. The normalized spacial score (nSPS) is 18.3. The highest BCUT2D eigenvalue weighted by atomic mass is 16.5. The fraction of sp³-hybridized carbons (Fsp3) is 0.667. The molecular weight excluding hydrogens is 168 g/mol. The maximum Gasteiger partial charge on any atom is 0.262 e. The number of likely N-dealkylation sites (N-methyl/N-ethyl adjacent to an activating group) is 1. The lowest BCUT2D eigenvalue weighted by molar-refractivity contribution is -0.148. The van der Waals surface area contributed by atoms with Crippen molar-refractivity contribution in [3.8, 4) is 0 Å². The van der Waals surface area contributed by atoms with Crippen molar-refractivity contribution in [1.29, 1.82) is 0 Å². The fourth-order valence-electron chi connectivity index (χ4n) is 1.26. The van der Waals surface area contributed by atoms with E-state index in [1.807, 2.05) is 5.01 Å². The Labute approximate surface area is 78.7 Å². The first-order chi connectivity index (χ1) is 6.13. The number of ether oxygens (including phenoxy) is 1. The first-order valence-electron chi connectivity index (χ1n) is 4.39. The van der Waals surface area contributed by atoms with Gasteiger partial charge in [-0.15, -0.1) is 0 Å². The molecule has 1 rings (SSSR count). The highest BCUT2D eigenvalue weighted by molar-refractivity contribution is 5.91. The van der Waals surface area contributed by atoms with Gasteiger partial charge in [0.2, 0.25) is 0 Å². The molecule has 1 amide bonds. The molecule has 1 heterocycles. The van der Waals surface area contributed by atoms with Gasteiger partial charge >= 0.3 is 0 Å². The Hall–Kier alpha value is -0.870. The van der Waals surface area contributed by atoms with Crippen molar-refractivity contribution in [1.82, 2.24) is 10.0 Å². The standard InChI is InChI=1S/C9H16N2O2/c1-8(2)9(12)10(3)11-4-6-13-7-5-11/h1,4-7H2,2-3H3.